The maximum atomic E-state index is 12.6. The first-order valence-electron chi connectivity index (χ1n) is 7.10. The van der Waals surface area contributed by atoms with Crippen LogP contribution in [0.3, 0.4) is 0 Å². The third-order valence-corrected chi connectivity index (χ3v) is 4.09. The Morgan fingerprint density at radius 3 is 2.55 bits per heavy atom. The molecular formula is C16H17ClN2O. The number of carbonyl (C=O) groups excluding carboxylic acids is 1. The summed E-state index contributed by atoms with van der Waals surface area (Å²) in [6, 6.07) is 9.33. The van der Waals surface area contributed by atoms with E-state index in [9.17, 15) is 4.79 Å². The van der Waals surface area contributed by atoms with E-state index in [0.29, 0.717) is 10.7 Å². The summed E-state index contributed by atoms with van der Waals surface area (Å²) in [7, 11) is 0. The molecule has 104 valence electrons. The third-order valence-electron chi connectivity index (χ3n) is 3.78. The molecule has 0 N–H and O–H groups in total. The highest BCUT2D eigenvalue weighted by Crippen LogP contribution is 2.24. The molecule has 1 fully saturated rings. The number of halogens is 1. The number of pyridine rings is 1. The molecule has 20 heavy (non-hydrogen) atoms. The number of benzene rings is 1. The van der Waals surface area contributed by atoms with Crippen LogP contribution in [0.15, 0.2) is 30.3 Å². The number of hydrogen-bond acceptors (Lipinski definition) is 2. The van der Waals surface area contributed by atoms with Crippen LogP contribution in [0.1, 0.15) is 36.2 Å². The molecule has 2 aromatic rings. The lowest BCUT2D eigenvalue weighted by atomic mass is 10.2. The normalized spacial score (nSPS) is 16.1. The zero-order valence-corrected chi connectivity index (χ0v) is 12.1. The summed E-state index contributed by atoms with van der Waals surface area (Å²) in [5.41, 5.74) is 1.23. The topological polar surface area (TPSA) is 33.2 Å². The van der Waals surface area contributed by atoms with Gasteiger partial charge in [0.2, 0.25) is 0 Å². The monoisotopic (exact) mass is 288 g/mol. The van der Waals surface area contributed by atoms with Crippen molar-refractivity contribution in [3.05, 3.63) is 41.0 Å². The highest BCUT2D eigenvalue weighted by molar-refractivity contribution is 6.35. The van der Waals surface area contributed by atoms with E-state index in [-0.39, 0.29) is 5.91 Å². The van der Waals surface area contributed by atoms with Crippen molar-refractivity contribution in [1.29, 1.82) is 0 Å². The van der Waals surface area contributed by atoms with Gasteiger partial charge in [-0.05, 0) is 25.0 Å². The summed E-state index contributed by atoms with van der Waals surface area (Å²) in [6.45, 7) is 1.65. The molecule has 3 nitrogen and oxygen atoms in total. The average Bonchev–Trinajstić information content (AvgIpc) is 2.75. The van der Waals surface area contributed by atoms with Crippen LogP contribution in [0, 0.1) is 0 Å². The Hall–Kier alpha value is -1.61. The molecule has 1 saturated heterocycles. The van der Waals surface area contributed by atoms with Crippen molar-refractivity contribution in [2.24, 2.45) is 0 Å². The standard InChI is InChI=1S/C16H17ClN2O/c17-13-11-15(18-14-8-4-3-7-12(13)14)16(20)19-9-5-1-2-6-10-19/h3-4,7-8,11H,1-2,5-6,9-10H2. The van der Waals surface area contributed by atoms with Gasteiger partial charge in [0, 0.05) is 18.5 Å². The molecule has 0 radical (unpaired) electrons. The van der Waals surface area contributed by atoms with E-state index in [0.717, 1.165) is 36.8 Å². The number of rotatable bonds is 1. The van der Waals surface area contributed by atoms with Gasteiger partial charge < -0.3 is 4.90 Å². The highest BCUT2D eigenvalue weighted by atomic mass is 35.5. The quantitative estimate of drug-likeness (QED) is 0.797. The Labute approximate surface area is 123 Å². The summed E-state index contributed by atoms with van der Waals surface area (Å²) in [5.74, 6) is -0.000414. The van der Waals surface area contributed by atoms with E-state index in [1.807, 2.05) is 29.2 Å². The molecule has 1 aromatic heterocycles. The molecular weight excluding hydrogens is 272 g/mol. The van der Waals surface area contributed by atoms with Crippen LogP contribution in [0.25, 0.3) is 10.9 Å². The fourth-order valence-electron chi connectivity index (χ4n) is 2.68. The maximum absolute atomic E-state index is 12.6. The molecule has 0 spiro atoms. The van der Waals surface area contributed by atoms with Gasteiger partial charge in [0.05, 0.1) is 10.5 Å². The average molecular weight is 289 g/mol. The molecule has 1 amide bonds. The fourth-order valence-corrected chi connectivity index (χ4v) is 2.94. The summed E-state index contributed by atoms with van der Waals surface area (Å²) in [5, 5.41) is 1.48. The van der Waals surface area contributed by atoms with Crippen molar-refractivity contribution < 1.29 is 4.79 Å². The Morgan fingerprint density at radius 1 is 1.10 bits per heavy atom. The number of aromatic nitrogens is 1. The first-order chi connectivity index (χ1) is 9.75. The van der Waals surface area contributed by atoms with Crippen molar-refractivity contribution in [2.75, 3.05) is 13.1 Å². The van der Waals surface area contributed by atoms with Gasteiger partial charge in [0.25, 0.3) is 5.91 Å². The van der Waals surface area contributed by atoms with Gasteiger partial charge >= 0.3 is 0 Å². The van der Waals surface area contributed by atoms with Gasteiger partial charge in [0.1, 0.15) is 5.69 Å². The molecule has 0 atom stereocenters. The van der Waals surface area contributed by atoms with Gasteiger partial charge in [-0.15, -0.1) is 0 Å². The highest BCUT2D eigenvalue weighted by Gasteiger charge is 2.19. The van der Waals surface area contributed by atoms with Crippen LogP contribution in [-0.2, 0) is 0 Å². The predicted molar refractivity (Wildman–Crippen MR) is 81.1 cm³/mol. The van der Waals surface area contributed by atoms with E-state index in [2.05, 4.69) is 4.98 Å². The Balaban J connectivity index is 1.94. The SMILES string of the molecule is O=C(c1cc(Cl)c2ccccc2n1)N1CCCCCC1. The van der Waals surface area contributed by atoms with Crippen molar-refractivity contribution in [2.45, 2.75) is 25.7 Å². The third kappa shape index (κ3) is 2.63. The van der Waals surface area contributed by atoms with Crippen LogP contribution in [0.2, 0.25) is 5.02 Å². The van der Waals surface area contributed by atoms with Gasteiger partial charge in [-0.25, -0.2) is 4.98 Å². The number of fused-ring (bicyclic) bond motifs is 1. The van der Waals surface area contributed by atoms with Crippen molar-refractivity contribution in [1.82, 2.24) is 9.88 Å². The van der Waals surface area contributed by atoms with Crippen LogP contribution >= 0.6 is 11.6 Å². The molecule has 1 aromatic carbocycles. The number of nitrogens with zero attached hydrogens (tertiary/aromatic N) is 2. The Bertz CT molecular complexity index is 633. The van der Waals surface area contributed by atoms with E-state index < -0.39 is 0 Å². The van der Waals surface area contributed by atoms with Gasteiger partial charge in [-0.3, -0.25) is 4.79 Å². The molecule has 0 unspecified atom stereocenters. The van der Waals surface area contributed by atoms with Gasteiger partial charge in [0.15, 0.2) is 0 Å². The summed E-state index contributed by atoms with van der Waals surface area (Å²) in [4.78, 5) is 18.9. The van der Waals surface area contributed by atoms with E-state index in [4.69, 9.17) is 11.6 Å². The van der Waals surface area contributed by atoms with Crippen LogP contribution in [0.5, 0.6) is 0 Å². The minimum Gasteiger partial charge on any atom is -0.337 e. The van der Waals surface area contributed by atoms with Gasteiger partial charge in [-0.2, -0.15) is 0 Å². The number of carbonyl (C=O) groups is 1. The lowest BCUT2D eigenvalue weighted by molar-refractivity contribution is 0.0756. The van der Waals surface area contributed by atoms with Crippen molar-refractivity contribution in [3.8, 4) is 0 Å². The molecule has 1 aliphatic rings. The summed E-state index contributed by atoms with van der Waals surface area (Å²) < 4.78 is 0. The van der Waals surface area contributed by atoms with E-state index in [1.165, 1.54) is 12.8 Å². The lowest BCUT2D eigenvalue weighted by Gasteiger charge is -2.20. The zero-order chi connectivity index (χ0) is 13.9. The first kappa shape index (κ1) is 13.4. The fraction of sp³-hybridized carbons (Fsp3) is 0.375. The minimum absolute atomic E-state index is 0.000414. The van der Waals surface area contributed by atoms with Crippen molar-refractivity contribution in [3.63, 3.8) is 0 Å². The summed E-state index contributed by atoms with van der Waals surface area (Å²) >= 11 is 6.27. The van der Waals surface area contributed by atoms with Crippen LogP contribution in [0.4, 0.5) is 0 Å². The second-order valence-corrected chi connectivity index (χ2v) is 5.62. The van der Waals surface area contributed by atoms with Crippen molar-refractivity contribution >= 4 is 28.4 Å². The molecule has 0 bridgehead atoms. The minimum atomic E-state index is -0.000414. The molecule has 3 rings (SSSR count). The number of hydrogen-bond donors (Lipinski definition) is 0. The first-order valence-corrected chi connectivity index (χ1v) is 7.48. The number of amides is 1. The molecule has 1 aliphatic heterocycles. The second-order valence-electron chi connectivity index (χ2n) is 5.21. The molecule has 4 heteroatoms. The Morgan fingerprint density at radius 2 is 1.80 bits per heavy atom. The molecule has 2 heterocycles. The van der Waals surface area contributed by atoms with E-state index in [1.54, 1.807) is 6.07 Å². The molecule has 0 saturated carbocycles. The van der Waals surface area contributed by atoms with Crippen LogP contribution < -0.4 is 0 Å². The molecule has 0 aliphatic carbocycles. The van der Waals surface area contributed by atoms with Crippen LogP contribution in [-0.4, -0.2) is 28.9 Å². The number of likely N-dealkylation sites (tertiary alicyclic amines) is 1. The smallest absolute Gasteiger partial charge is 0.272 e. The second kappa shape index (κ2) is 5.80. The zero-order valence-electron chi connectivity index (χ0n) is 11.3. The lowest BCUT2D eigenvalue weighted by Crippen LogP contribution is -2.32. The Kier molecular flexibility index (Phi) is 3.88. The summed E-state index contributed by atoms with van der Waals surface area (Å²) in [6.07, 6.45) is 4.56. The van der Waals surface area contributed by atoms with Gasteiger partial charge in [-0.1, -0.05) is 42.6 Å². The predicted octanol–water partition coefficient (Wildman–Crippen LogP) is 3.90. The largest absolute Gasteiger partial charge is 0.337 e. The van der Waals surface area contributed by atoms with E-state index >= 15 is 0 Å². The number of para-hydroxylation sites is 1. The maximum Gasteiger partial charge on any atom is 0.272 e.